The standard InChI is InChI=1S/C8H6O6/c9-2-3-1-4(10)6(11)7(12)5(3)8(13)14/h1-2,10-12H,(H,13,14). The van der Waals surface area contributed by atoms with Crippen LogP contribution >= 0.6 is 0 Å². The molecule has 6 heteroatoms. The molecule has 0 atom stereocenters. The molecule has 74 valence electrons. The van der Waals surface area contributed by atoms with Crippen LogP contribution in [0, 0.1) is 0 Å². The topological polar surface area (TPSA) is 115 Å². The molecule has 0 fully saturated rings. The minimum absolute atomic E-state index is 0.155. The molecule has 0 heterocycles. The van der Waals surface area contributed by atoms with E-state index in [9.17, 15) is 9.59 Å². The normalized spacial score (nSPS) is 9.71. The van der Waals surface area contributed by atoms with Gasteiger partial charge in [0.2, 0.25) is 5.75 Å². The highest BCUT2D eigenvalue weighted by molar-refractivity contribution is 6.01. The van der Waals surface area contributed by atoms with E-state index >= 15 is 0 Å². The number of benzene rings is 1. The number of carbonyl (C=O) groups is 2. The zero-order chi connectivity index (χ0) is 10.9. The second kappa shape index (κ2) is 3.25. The van der Waals surface area contributed by atoms with Crippen molar-refractivity contribution in [3.05, 3.63) is 17.2 Å². The molecule has 0 aromatic heterocycles. The van der Waals surface area contributed by atoms with E-state index in [-0.39, 0.29) is 6.29 Å². The molecule has 0 aliphatic heterocycles. The van der Waals surface area contributed by atoms with E-state index < -0.39 is 34.3 Å². The van der Waals surface area contributed by atoms with Crippen molar-refractivity contribution in [1.82, 2.24) is 0 Å². The average molecular weight is 198 g/mol. The van der Waals surface area contributed by atoms with E-state index in [2.05, 4.69) is 0 Å². The number of aldehydes is 1. The van der Waals surface area contributed by atoms with Gasteiger partial charge in [0, 0.05) is 5.56 Å². The zero-order valence-corrected chi connectivity index (χ0v) is 6.76. The molecule has 0 radical (unpaired) electrons. The minimum Gasteiger partial charge on any atom is -0.504 e. The third kappa shape index (κ3) is 1.33. The maximum Gasteiger partial charge on any atom is 0.340 e. The largest absolute Gasteiger partial charge is 0.504 e. The van der Waals surface area contributed by atoms with Crippen LogP contribution in [0.2, 0.25) is 0 Å². The third-order valence-corrected chi connectivity index (χ3v) is 1.63. The summed E-state index contributed by atoms with van der Waals surface area (Å²) < 4.78 is 0. The first kappa shape index (κ1) is 9.85. The number of phenolic OH excluding ortho intramolecular Hbond substituents is 2. The van der Waals surface area contributed by atoms with Crippen LogP contribution in [0.5, 0.6) is 17.2 Å². The first-order valence-electron chi connectivity index (χ1n) is 3.45. The lowest BCUT2D eigenvalue weighted by atomic mass is 10.1. The molecular formula is C8H6O6. The van der Waals surface area contributed by atoms with Gasteiger partial charge in [0.05, 0.1) is 0 Å². The molecule has 6 nitrogen and oxygen atoms in total. The Kier molecular flexibility index (Phi) is 2.29. The predicted octanol–water partition coefficient (Wildman–Crippen LogP) is 0.314. The lowest BCUT2D eigenvalue weighted by Gasteiger charge is -2.06. The monoisotopic (exact) mass is 198 g/mol. The SMILES string of the molecule is O=Cc1cc(O)c(O)c(O)c1C(=O)O. The molecule has 0 saturated carbocycles. The molecule has 0 aliphatic carbocycles. The molecule has 14 heavy (non-hydrogen) atoms. The number of carboxylic acid groups (broad SMARTS) is 1. The van der Waals surface area contributed by atoms with Crippen LogP contribution in [0.1, 0.15) is 20.7 Å². The van der Waals surface area contributed by atoms with Crippen molar-refractivity contribution in [2.75, 3.05) is 0 Å². The molecule has 0 saturated heterocycles. The fourth-order valence-electron chi connectivity index (χ4n) is 0.982. The molecule has 0 spiro atoms. The van der Waals surface area contributed by atoms with Crippen LogP contribution in [-0.4, -0.2) is 32.7 Å². The molecule has 0 unspecified atom stereocenters. The summed E-state index contributed by atoms with van der Waals surface area (Å²) in [5.74, 6) is -4.32. The Morgan fingerprint density at radius 3 is 2.21 bits per heavy atom. The van der Waals surface area contributed by atoms with Crippen LogP contribution in [0.15, 0.2) is 6.07 Å². The van der Waals surface area contributed by atoms with Crippen LogP contribution < -0.4 is 0 Å². The number of hydrogen-bond acceptors (Lipinski definition) is 5. The lowest BCUT2D eigenvalue weighted by molar-refractivity contribution is 0.0690. The lowest BCUT2D eigenvalue weighted by Crippen LogP contribution is -2.02. The van der Waals surface area contributed by atoms with Gasteiger partial charge in [-0.3, -0.25) is 4.79 Å². The van der Waals surface area contributed by atoms with Gasteiger partial charge in [-0.25, -0.2) is 4.79 Å². The summed E-state index contributed by atoms with van der Waals surface area (Å²) in [5, 5.41) is 35.6. The maximum absolute atomic E-state index is 10.6. The number of carbonyl (C=O) groups excluding carboxylic acids is 1. The molecule has 1 rings (SSSR count). The van der Waals surface area contributed by atoms with E-state index in [4.69, 9.17) is 20.4 Å². The summed E-state index contributed by atoms with van der Waals surface area (Å²) >= 11 is 0. The predicted molar refractivity (Wildman–Crippen MR) is 43.8 cm³/mol. The van der Waals surface area contributed by atoms with E-state index in [1.54, 1.807) is 0 Å². The second-order valence-electron chi connectivity index (χ2n) is 2.48. The van der Waals surface area contributed by atoms with Gasteiger partial charge < -0.3 is 20.4 Å². The summed E-state index contributed by atoms with van der Waals surface area (Å²) in [7, 11) is 0. The Labute approximate surface area is 77.7 Å². The Morgan fingerprint density at radius 1 is 1.21 bits per heavy atom. The molecule has 4 N–H and O–H groups in total. The summed E-state index contributed by atoms with van der Waals surface area (Å²) in [6, 6.07) is 0.755. The second-order valence-corrected chi connectivity index (χ2v) is 2.48. The van der Waals surface area contributed by atoms with Gasteiger partial charge in [-0.2, -0.15) is 0 Å². The quantitative estimate of drug-likeness (QED) is 0.401. The van der Waals surface area contributed by atoms with Gasteiger partial charge in [-0.05, 0) is 6.07 Å². The minimum atomic E-state index is -1.57. The first-order valence-corrected chi connectivity index (χ1v) is 3.45. The number of hydrogen-bond donors (Lipinski definition) is 4. The van der Waals surface area contributed by atoms with Gasteiger partial charge in [-0.1, -0.05) is 0 Å². The van der Waals surface area contributed by atoms with Gasteiger partial charge in [0.25, 0.3) is 0 Å². The van der Waals surface area contributed by atoms with Crippen LogP contribution in [0.25, 0.3) is 0 Å². The number of phenols is 3. The fraction of sp³-hybridized carbons (Fsp3) is 0. The summed E-state index contributed by atoms with van der Waals surface area (Å²) in [6.45, 7) is 0. The number of carboxylic acids is 1. The van der Waals surface area contributed by atoms with E-state index in [1.165, 1.54) is 0 Å². The van der Waals surface area contributed by atoms with Crippen molar-refractivity contribution in [1.29, 1.82) is 0 Å². The first-order chi connectivity index (χ1) is 6.49. The van der Waals surface area contributed by atoms with E-state index in [0.717, 1.165) is 6.07 Å². The van der Waals surface area contributed by atoms with Crippen LogP contribution in [0.4, 0.5) is 0 Å². The number of rotatable bonds is 2. The van der Waals surface area contributed by atoms with Gasteiger partial charge in [0.15, 0.2) is 17.8 Å². The van der Waals surface area contributed by atoms with Crippen LogP contribution in [0.3, 0.4) is 0 Å². The highest BCUT2D eigenvalue weighted by Gasteiger charge is 2.21. The molecular weight excluding hydrogens is 192 g/mol. The summed E-state index contributed by atoms with van der Waals surface area (Å²) in [5.41, 5.74) is -1.15. The fourth-order valence-corrected chi connectivity index (χ4v) is 0.982. The molecule has 1 aromatic rings. The third-order valence-electron chi connectivity index (χ3n) is 1.63. The van der Waals surface area contributed by atoms with Gasteiger partial charge >= 0.3 is 5.97 Å². The van der Waals surface area contributed by atoms with E-state index in [0.29, 0.717) is 0 Å². The number of aromatic hydroxyl groups is 3. The van der Waals surface area contributed by atoms with E-state index in [1.807, 2.05) is 0 Å². The summed E-state index contributed by atoms with van der Waals surface area (Å²) in [6.07, 6.45) is 0.155. The highest BCUT2D eigenvalue weighted by Crippen LogP contribution is 2.38. The van der Waals surface area contributed by atoms with Crippen molar-refractivity contribution in [3.63, 3.8) is 0 Å². The zero-order valence-electron chi connectivity index (χ0n) is 6.76. The Morgan fingerprint density at radius 2 is 1.79 bits per heavy atom. The molecule has 0 bridgehead atoms. The molecule has 0 amide bonds. The Bertz CT molecular complexity index is 409. The van der Waals surface area contributed by atoms with Gasteiger partial charge in [-0.15, -0.1) is 0 Å². The molecule has 0 aliphatic rings. The Hall–Kier alpha value is -2.24. The van der Waals surface area contributed by atoms with Crippen molar-refractivity contribution in [2.45, 2.75) is 0 Å². The Balaban J connectivity index is 3.61. The maximum atomic E-state index is 10.6. The van der Waals surface area contributed by atoms with Crippen molar-refractivity contribution >= 4 is 12.3 Å². The van der Waals surface area contributed by atoms with Crippen molar-refractivity contribution in [3.8, 4) is 17.2 Å². The van der Waals surface area contributed by atoms with Crippen molar-refractivity contribution in [2.24, 2.45) is 0 Å². The van der Waals surface area contributed by atoms with Crippen molar-refractivity contribution < 1.29 is 30.0 Å². The average Bonchev–Trinajstić information content (AvgIpc) is 2.12. The molecule has 1 aromatic carbocycles. The number of aromatic carboxylic acids is 1. The highest BCUT2D eigenvalue weighted by atomic mass is 16.4. The van der Waals surface area contributed by atoms with Gasteiger partial charge in [0.1, 0.15) is 5.56 Å². The smallest absolute Gasteiger partial charge is 0.340 e. The summed E-state index contributed by atoms with van der Waals surface area (Å²) in [4.78, 5) is 20.9. The van der Waals surface area contributed by atoms with Crippen LogP contribution in [-0.2, 0) is 0 Å².